The highest BCUT2D eigenvalue weighted by atomic mass is 32.2. The van der Waals surface area contributed by atoms with E-state index in [-0.39, 0.29) is 0 Å². The summed E-state index contributed by atoms with van der Waals surface area (Å²) in [5.74, 6) is 1.51. The minimum absolute atomic E-state index is 0.345. The van der Waals surface area contributed by atoms with Crippen LogP contribution in [0.5, 0.6) is 0 Å². The van der Waals surface area contributed by atoms with E-state index in [0.29, 0.717) is 36.3 Å². The molecule has 1 fully saturated rings. The van der Waals surface area contributed by atoms with Crippen LogP contribution < -0.4 is 0 Å². The fourth-order valence-electron chi connectivity index (χ4n) is 2.15. The summed E-state index contributed by atoms with van der Waals surface area (Å²) in [4.78, 5) is 21.5. The van der Waals surface area contributed by atoms with Crippen LogP contribution in [0, 0.1) is 0 Å². The lowest BCUT2D eigenvalue weighted by Gasteiger charge is -2.31. The number of carbonyl (C=O) groups is 1. The molecule has 1 N–H and O–H groups in total. The number of rotatable bonds is 4. The maximum absolute atomic E-state index is 11.3. The lowest BCUT2D eigenvalue weighted by atomic mass is 10.2. The molecule has 0 amide bonds. The van der Waals surface area contributed by atoms with Gasteiger partial charge in [-0.3, -0.25) is 14.7 Å². The molecule has 0 aromatic carbocycles. The Labute approximate surface area is 125 Å². The summed E-state index contributed by atoms with van der Waals surface area (Å²) in [5.41, 5.74) is 0.636. The van der Waals surface area contributed by atoms with Gasteiger partial charge in [-0.15, -0.1) is 0 Å². The molecule has 1 aliphatic rings. The Kier molecular flexibility index (Phi) is 4.16. The molecule has 3 rings (SSSR count). The van der Waals surface area contributed by atoms with E-state index >= 15 is 0 Å². The van der Waals surface area contributed by atoms with Crippen molar-refractivity contribution in [3.63, 3.8) is 0 Å². The van der Waals surface area contributed by atoms with Gasteiger partial charge in [0.15, 0.2) is 0 Å². The van der Waals surface area contributed by atoms with Crippen molar-refractivity contribution in [1.82, 2.24) is 20.0 Å². The van der Waals surface area contributed by atoms with E-state index in [1.54, 1.807) is 24.0 Å². The van der Waals surface area contributed by atoms with E-state index in [0.717, 1.165) is 5.75 Å². The molecule has 7 nitrogen and oxygen atoms in total. The molecule has 3 heterocycles. The molecule has 8 heteroatoms. The number of hydrogen-bond acceptors (Lipinski definition) is 7. The van der Waals surface area contributed by atoms with Crippen molar-refractivity contribution in [3.05, 3.63) is 30.3 Å². The van der Waals surface area contributed by atoms with Crippen LogP contribution in [0.25, 0.3) is 11.5 Å². The van der Waals surface area contributed by atoms with E-state index in [1.807, 2.05) is 17.0 Å². The van der Waals surface area contributed by atoms with E-state index in [4.69, 9.17) is 4.52 Å². The highest BCUT2D eigenvalue weighted by Gasteiger charge is 2.30. The number of hydrogen-bond donors (Lipinski definition) is 1. The molecule has 110 valence electrons. The first-order valence-corrected chi connectivity index (χ1v) is 7.68. The smallest absolute Gasteiger partial charge is 0.321 e. The van der Waals surface area contributed by atoms with Gasteiger partial charge in [-0.2, -0.15) is 16.7 Å². The van der Waals surface area contributed by atoms with Crippen molar-refractivity contribution in [1.29, 1.82) is 0 Å². The monoisotopic (exact) mass is 306 g/mol. The zero-order chi connectivity index (χ0) is 14.7. The van der Waals surface area contributed by atoms with Crippen molar-refractivity contribution in [2.45, 2.75) is 12.6 Å². The molecule has 2 aromatic rings. The molecule has 0 bridgehead atoms. The van der Waals surface area contributed by atoms with Gasteiger partial charge in [-0.25, -0.2) is 0 Å². The average Bonchev–Trinajstić information content (AvgIpc) is 2.97. The van der Waals surface area contributed by atoms with E-state index < -0.39 is 12.0 Å². The van der Waals surface area contributed by atoms with Gasteiger partial charge in [-0.05, 0) is 12.1 Å². The lowest BCUT2D eigenvalue weighted by molar-refractivity contribution is -0.142. The normalized spacial score (nSPS) is 19.5. The molecule has 1 saturated heterocycles. The molecule has 21 heavy (non-hydrogen) atoms. The molecule has 1 unspecified atom stereocenters. The molecule has 1 aliphatic heterocycles. The van der Waals surface area contributed by atoms with Gasteiger partial charge in [-0.1, -0.05) is 11.2 Å². The van der Waals surface area contributed by atoms with Crippen LogP contribution in [-0.4, -0.2) is 55.2 Å². The molecule has 0 radical (unpaired) electrons. The van der Waals surface area contributed by atoms with Gasteiger partial charge >= 0.3 is 5.97 Å². The third-order valence-electron chi connectivity index (χ3n) is 3.22. The highest BCUT2D eigenvalue weighted by Crippen LogP contribution is 2.20. The Morgan fingerprint density at radius 2 is 2.43 bits per heavy atom. The van der Waals surface area contributed by atoms with Crippen LogP contribution in [0.3, 0.4) is 0 Å². The fourth-order valence-corrected chi connectivity index (χ4v) is 3.25. The van der Waals surface area contributed by atoms with Crippen LogP contribution in [0.4, 0.5) is 0 Å². The summed E-state index contributed by atoms with van der Waals surface area (Å²) in [5, 5.41) is 13.1. The third-order valence-corrected chi connectivity index (χ3v) is 4.25. The number of aliphatic carboxylic acids is 1. The molecular formula is C13H14N4O3S. The van der Waals surface area contributed by atoms with Crippen LogP contribution >= 0.6 is 11.8 Å². The Morgan fingerprint density at radius 3 is 3.19 bits per heavy atom. The van der Waals surface area contributed by atoms with E-state index in [1.165, 1.54) is 0 Å². The number of aromatic nitrogens is 3. The summed E-state index contributed by atoms with van der Waals surface area (Å²) in [6.45, 7) is 1.04. The van der Waals surface area contributed by atoms with Gasteiger partial charge in [0.05, 0.1) is 6.54 Å². The molecule has 0 aliphatic carbocycles. The predicted molar refractivity (Wildman–Crippen MR) is 76.7 cm³/mol. The van der Waals surface area contributed by atoms with Gasteiger partial charge in [0.25, 0.3) is 0 Å². The summed E-state index contributed by atoms with van der Waals surface area (Å²) < 4.78 is 5.21. The number of carboxylic acid groups (broad SMARTS) is 1. The molecule has 2 aromatic heterocycles. The highest BCUT2D eigenvalue weighted by molar-refractivity contribution is 7.99. The van der Waals surface area contributed by atoms with Crippen LogP contribution in [0.1, 0.15) is 5.89 Å². The summed E-state index contributed by atoms with van der Waals surface area (Å²) in [6.07, 6.45) is 1.66. The van der Waals surface area contributed by atoms with Crippen molar-refractivity contribution in [3.8, 4) is 11.5 Å². The topological polar surface area (TPSA) is 92.3 Å². The summed E-state index contributed by atoms with van der Waals surface area (Å²) >= 11 is 1.65. The van der Waals surface area contributed by atoms with Crippen molar-refractivity contribution < 1.29 is 14.4 Å². The summed E-state index contributed by atoms with van der Waals surface area (Å²) in [6, 6.07) is 4.95. The third kappa shape index (κ3) is 3.22. The van der Waals surface area contributed by atoms with Crippen LogP contribution in [0.15, 0.2) is 28.9 Å². The molecule has 1 atom stereocenters. The number of thioether (sulfide) groups is 1. The SMILES string of the molecule is O=C(O)C1CSCCN1Cc1nc(-c2ccccn2)no1. The summed E-state index contributed by atoms with van der Waals surface area (Å²) in [7, 11) is 0. The van der Waals surface area contributed by atoms with E-state index in [2.05, 4.69) is 15.1 Å². The maximum Gasteiger partial charge on any atom is 0.321 e. The average molecular weight is 306 g/mol. The molecule has 0 spiro atoms. The van der Waals surface area contributed by atoms with Crippen molar-refractivity contribution in [2.75, 3.05) is 18.1 Å². The van der Waals surface area contributed by atoms with Crippen molar-refractivity contribution in [2.24, 2.45) is 0 Å². The first kappa shape index (κ1) is 14.0. The van der Waals surface area contributed by atoms with Gasteiger partial charge in [0, 0.05) is 24.2 Å². The van der Waals surface area contributed by atoms with Crippen LogP contribution in [-0.2, 0) is 11.3 Å². The van der Waals surface area contributed by atoms with Gasteiger partial charge < -0.3 is 9.63 Å². The largest absolute Gasteiger partial charge is 0.480 e. The maximum atomic E-state index is 11.3. The first-order chi connectivity index (χ1) is 10.2. The second-order valence-electron chi connectivity index (χ2n) is 4.63. The van der Waals surface area contributed by atoms with Gasteiger partial charge in [0.2, 0.25) is 11.7 Å². The second kappa shape index (κ2) is 6.23. The Bertz CT molecular complexity index is 619. The number of carboxylic acids is 1. The number of nitrogens with zero attached hydrogens (tertiary/aromatic N) is 4. The zero-order valence-corrected chi connectivity index (χ0v) is 12.0. The number of pyridine rings is 1. The standard InChI is InChI=1S/C13H14N4O3S/c18-13(19)10-8-21-6-5-17(10)7-11-15-12(16-20-11)9-3-1-2-4-14-9/h1-4,10H,5-8H2,(H,18,19). The molecule has 0 saturated carbocycles. The minimum atomic E-state index is -0.813. The second-order valence-corrected chi connectivity index (χ2v) is 5.78. The lowest BCUT2D eigenvalue weighted by Crippen LogP contribution is -2.46. The Morgan fingerprint density at radius 1 is 1.52 bits per heavy atom. The predicted octanol–water partition coefficient (Wildman–Crippen LogP) is 1.13. The fraction of sp³-hybridized carbons (Fsp3) is 0.385. The zero-order valence-electron chi connectivity index (χ0n) is 11.2. The Balaban J connectivity index is 1.73. The molecular weight excluding hydrogens is 292 g/mol. The minimum Gasteiger partial charge on any atom is -0.480 e. The van der Waals surface area contributed by atoms with Crippen LogP contribution in [0.2, 0.25) is 0 Å². The van der Waals surface area contributed by atoms with E-state index in [9.17, 15) is 9.90 Å². The van der Waals surface area contributed by atoms with Crippen molar-refractivity contribution >= 4 is 17.7 Å². The van der Waals surface area contributed by atoms with Gasteiger partial charge in [0.1, 0.15) is 11.7 Å². The quantitative estimate of drug-likeness (QED) is 0.898. The first-order valence-electron chi connectivity index (χ1n) is 6.52. The Hall–Kier alpha value is -1.93.